The van der Waals surface area contributed by atoms with E-state index in [1.165, 1.54) is 49.9 Å². The predicted octanol–water partition coefficient (Wildman–Crippen LogP) is 4.34. The quantitative estimate of drug-likeness (QED) is 0.668. The summed E-state index contributed by atoms with van der Waals surface area (Å²) < 4.78 is 5.13. The fourth-order valence-electron chi connectivity index (χ4n) is 6.73. The summed E-state index contributed by atoms with van der Waals surface area (Å²) in [5.41, 5.74) is 0.912. The average molecular weight is 430 g/mol. The molecule has 0 saturated heterocycles. The zero-order chi connectivity index (χ0) is 21.0. The number of rotatable bonds is 6. The number of nitrogens with one attached hydrogen (secondary N) is 2. The first-order chi connectivity index (χ1) is 14.4. The van der Waals surface area contributed by atoms with Gasteiger partial charge in [0.05, 0.1) is 18.0 Å². The molecule has 6 rings (SSSR count). The van der Waals surface area contributed by atoms with Crippen LogP contribution in [0.25, 0.3) is 10.2 Å². The van der Waals surface area contributed by atoms with Crippen LogP contribution in [0, 0.1) is 30.1 Å². The molecule has 0 aromatic carbocycles. The highest BCUT2D eigenvalue weighted by molar-refractivity contribution is 7.20. The molecule has 4 fully saturated rings. The lowest BCUT2D eigenvalue weighted by molar-refractivity contribution is -0.0524. The highest BCUT2D eigenvalue weighted by atomic mass is 32.1. The number of carbonyl (C=O) groups is 1. The molecule has 0 aliphatic heterocycles. The highest BCUT2D eigenvalue weighted by Crippen LogP contribution is 2.59. The van der Waals surface area contributed by atoms with E-state index in [2.05, 4.69) is 17.2 Å². The van der Waals surface area contributed by atoms with Crippen molar-refractivity contribution in [2.75, 3.05) is 13.2 Å². The summed E-state index contributed by atoms with van der Waals surface area (Å²) in [6.07, 6.45) is 8.40. The molecule has 2 aromatic rings. The molecule has 2 aromatic heterocycles. The number of ether oxygens (including phenoxy) is 1. The lowest BCUT2D eigenvalue weighted by Crippen LogP contribution is -2.50. The number of aromatic amines is 1. The number of esters is 1. The maximum Gasteiger partial charge on any atom is 0.348 e. The predicted molar refractivity (Wildman–Crippen MR) is 118 cm³/mol. The summed E-state index contributed by atoms with van der Waals surface area (Å²) >= 11 is 1.25. The molecule has 6 nitrogen and oxygen atoms in total. The maximum absolute atomic E-state index is 12.8. The molecule has 4 saturated carbocycles. The summed E-state index contributed by atoms with van der Waals surface area (Å²) in [5, 5.41) is 4.19. The third-order valence-corrected chi connectivity index (χ3v) is 8.80. The number of aromatic nitrogens is 2. The van der Waals surface area contributed by atoms with E-state index in [9.17, 15) is 9.59 Å². The molecule has 2 heterocycles. The largest absolute Gasteiger partial charge is 0.462 e. The molecule has 4 aliphatic carbocycles. The van der Waals surface area contributed by atoms with E-state index >= 15 is 0 Å². The molecular weight excluding hydrogens is 398 g/mol. The minimum Gasteiger partial charge on any atom is -0.462 e. The van der Waals surface area contributed by atoms with E-state index in [4.69, 9.17) is 9.72 Å². The Morgan fingerprint density at radius 2 is 1.90 bits per heavy atom. The van der Waals surface area contributed by atoms with Gasteiger partial charge in [-0.1, -0.05) is 0 Å². The highest BCUT2D eigenvalue weighted by Gasteiger charge is 2.50. The Bertz CT molecular complexity index is 1000. The van der Waals surface area contributed by atoms with Crippen LogP contribution in [0.2, 0.25) is 0 Å². The van der Waals surface area contributed by atoms with Gasteiger partial charge in [0.15, 0.2) is 0 Å². The van der Waals surface area contributed by atoms with Crippen molar-refractivity contribution in [3.8, 4) is 0 Å². The fraction of sp³-hybridized carbons (Fsp3) is 0.696. The van der Waals surface area contributed by atoms with Crippen molar-refractivity contribution in [1.29, 1.82) is 0 Å². The molecule has 0 radical (unpaired) electrons. The maximum atomic E-state index is 12.8. The van der Waals surface area contributed by atoms with Crippen molar-refractivity contribution >= 4 is 27.5 Å². The Morgan fingerprint density at radius 3 is 2.50 bits per heavy atom. The Balaban J connectivity index is 1.36. The number of hydrogen-bond donors (Lipinski definition) is 2. The van der Waals surface area contributed by atoms with Gasteiger partial charge >= 0.3 is 5.97 Å². The molecule has 30 heavy (non-hydrogen) atoms. The number of aryl methyl sites for hydroxylation is 1. The van der Waals surface area contributed by atoms with Crippen molar-refractivity contribution in [2.45, 2.75) is 65.3 Å². The molecule has 0 unspecified atom stereocenters. The summed E-state index contributed by atoms with van der Waals surface area (Å²) in [5.74, 6) is 3.05. The second-order valence-corrected chi connectivity index (χ2v) is 10.9. The van der Waals surface area contributed by atoms with Gasteiger partial charge in [-0.3, -0.25) is 4.79 Å². The molecule has 0 spiro atoms. The Kier molecular flexibility index (Phi) is 5.01. The third-order valence-electron chi connectivity index (χ3n) is 7.64. The van der Waals surface area contributed by atoms with Gasteiger partial charge in [0.1, 0.15) is 15.5 Å². The van der Waals surface area contributed by atoms with Gasteiger partial charge in [0, 0.05) is 6.54 Å². The summed E-state index contributed by atoms with van der Waals surface area (Å²) in [7, 11) is 0. The minimum atomic E-state index is -0.382. The van der Waals surface area contributed by atoms with Gasteiger partial charge in [0.25, 0.3) is 5.56 Å². The first kappa shape index (κ1) is 20.2. The smallest absolute Gasteiger partial charge is 0.348 e. The molecule has 4 aliphatic rings. The minimum absolute atomic E-state index is 0.0384. The second-order valence-electron chi connectivity index (χ2n) is 9.93. The van der Waals surface area contributed by atoms with Crippen LogP contribution in [0.4, 0.5) is 0 Å². The molecule has 7 heteroatoms. The normalized spacial score (nSPS) is 30.7. The number of H-pyrrole nitrogens is 1. The lowest BCUT2D eigenvalue weighted by atomic mass is 9.49. The van der Waals surface area contributed by atoms with Crippen LogP contribution in [0.15, 0.2) is 4.79 Å². The van der Waals surface area contributed by atoms with E-state index in [0.717, 1.165) is 24.3 Å². The van der Waals surface area contributed by atoms with Crippen LogP contribution >= 0.6 is 11.3 Å². The zero-order valence-electron chi connectivity index (χ0n) is 18.0. The Hall–Kier alpha value is -1.73. The lowest BCUT2D eigenvalue weighted by Gasteiger charge is -2.57. The zero-order valence-corrected chi connectivity index (χ0v) is 18.9. The van der Waals surface area contributed by atoms with Crippen molar-refractivity contribution in [3.63, 3.8) is 0 Å². The number of carbonyl (C=O) groups excluding carboxylic acids is 1. The summed E-state index contributed by atoms with van der Waals surface area (Å²) in [6.45, 7) is 6.94. The van der Waals surface area contributed by atoms with Gasteiger partial charge in [-0.25, -0.2) is 9.78 Å². The topological polar surface area (TPSA) is 84.1 Å². The van der Waals surface area contributed by atoms with Gasteiger partial charge < -0.3 is 15.0 Å². The van der Waals surface area contributed by atoms with Crippen LogP contribution < -0.4 is 10.9 Å². The first-order valence-electron chi connectivity index (χ1n) is 11.3. The van der Waals surface area contributed by atoms with Gasteiger partial charge in [-0.05, 0) is 88.0 Å². The Morgan fingerprint density at radius 1 is 1.27 bits per heavy atom. The first-order valence-corrected chi connectivity index (χ1v) is 12.1. The van der Waals surface area contributed by atoms with Gasteiger partial charge in [-0.15, -0.1) is 11.3 Å². The number of thiophene rings is 1. The van der Waals surface area contributed by atoms with Crippen molar-refractivity contribution in [2.24, 2.45) is 23.2 Å². The molecular formula is C23H31N3O3S. The molecule has 0 amide bonds. The monoisotopic (exact) mass is 429 g/mol. The van der Waals surface area contributed by atoms with Crippen molar-refractivity contribution in [1.82, 2.24) is 15.3 Å². The molecule has 1 atom stereocenters. The second kappa shape index (κ2) is 7.45. The van der Waals surface area contributed by atoms with Crippen LogP contribution in [-0.4, -0.2) is 29.1 Å². The summed E-state index contributed by atoms with van der Waals surface area (Å²) in [4.78, 5) is 33.7. The average Bonchev–Trinajstić information content (AvgIpc) is 3.02. The van der Waals surface area contributed by atoms with E-state index in [0.29, 0.717) is 38.5 Å². The number of fused-ring (bicyclic) bond motifs is 1. The standard InChI is InChI=1S/C23H31N3O3S/c1-4-29-22(28)18-12(2)17-20(27)25-19(26-21(17)30-18)13(3)24-11-23-8-14-5-15(9-23)7-16(6-14)10-23/h13-16,24H,4-11H2,1-3H3,(H,25,26,27)/t13-,14?,15?,16?,23?/m0/s1. The number of nitrogens with zero attached hydrogens (tertiary/aromatic N) is 1. The van der Waals surface area contributed by atoms with Gasteiger partial charge in [0.2, 0.25) is 0 Å². The van der Waals surface area contributed by atoms with Crippen LogP contribution in [0.1, 0.15) is 79.5 Å². The third kappa shape index (κ3) is 3.40. The van der Waals surface area contributed by atoms with E-state index in [-0.39, 0.29) is 17.6 Å². The van der Waals surface area contributed by atoms with Crippen LogP contribution in [0.3, 0.4) is 0 Å². The van der Waals surface area contributed by atoms with E-state index < -0.39 is 0 Å². The van der Waals surface area contributed by atoms with E-state index in [1.807, 2.05) is 0 Å². The van der Waals surface area contributed by atoms with Crippen molar-refractivity contribution in [3.05, 3.63) is 26.6 Å². The Labute approximate surface area is 180 Å². The number of hydrogen-bond acceptors (Lipinski definition) is 6. The molecule has 2 N–H and O–H groups in total. The summed E-state index contributed by atoms with van der Waals surface area (Å²) in [6, 6.07) is -0.0384. The SMILES string of the molecule is CCOC(=O)c1sc2nc([C@H](C)NCC34CC5CC(CC(C5)C3)C4)[nH]c(=O)c2c1C. The van der Waals surface area contributed by atoms with Gasteiger partial charge in [-0.2, -0.15) is 0 Å². The van der Waals surface area contributed by atoms with Crippen LogP contribution in [-0.2, 0) is 4.74 Å². The van der Waals surface area contributed by atoms with Crippen LogP contribution in [0.5, 0.6) is 0 Å². The fourth-order valence-corrected chi connectivity index (χ4v) is 7.81. The molecule has 4 bridgehead atoms. The van der Waals surface area contributed by atoms with Crippen molar-refractivity contribution < 1.29 is 9.53 Å². The van der Waals surface area contributed by atoms with E-state index in [1.54, 1.807) is 13.8 Å². The molecule has 162 valence electrons.